The number of carbonyl (C=O) groups excluding carboxylic acids is 1. The Labute approximate surface area is 201 Å². The number of nitrogens with one attached hydrogen (secondary N) is 1. The van der Waals surface area contributed by atoms with Gasteiger partial charge in [-0.25, -0.2) is 14.4 Å². The Morgan fingerprint density at radius 2 is 1.97 bits per heavy atom. The Bertz CT molecular complexity index is 1360. The molecular weight excluding hydrogens is 449 g/mol. The minimum atomic E-state index is -0.498. The van der Waals surface area contributed by atoms with Crippen LogP contribution in [0.1, 0.15) is 40.2 Å². The van der Waals surface area contributed by atoms with E-state index in [-0.39, 0.29) is 12.1 Å². The fourth-order valence-electron chi connectivity index (χ4n) is 4.53. The van der Waals surface area contributed by atoms with Gasteiger partial charge in [-0.1, -0.05) is 12.1 Å². The van der Waals surface area contributed by atoms with Gasteiger partial charge in [0.2, 0.25) is 0 Å². The molecule has 2 aromatic heterocycles. The molecule has 0 radical (unpaired) electrons. The highest BCUT2D eigenvalue weighted by Crippen LogP contribution is 2.35. The number of nitrogen functional groups attached to an aromatic ring is 1. The number of carbonyl (C=O) groups is 1. The smallest absolute Gasteiger partial charge is 0.255 e. The quantitative estimate of drug-likeness (QED) is 0.437. The lowest BCUT2D eigenvalue weighted by Gasteiger charge is -2.21. The van der Waals surface area contributed by atoms with Crippen LogP contribution in [0.15, 0.2) is 55.0 Å². The third-order valence-electron chi connectivity index (χ3n) is 6.37. The predicted molar refractivity (Wildman–Crippen MR) is 130 cm³/mol. The van der Waals surface area contributed by atoms with Crippen molar-refractivity contribution in [1.82, 2.24) is 19.9 Å². The maximum atomic E-state index is 13.6. The third-order valence-corrected chi connectivity index (χ3v) is 6.37. The largest absolute Gasteiger partial charge is 0.496 e. The Hall–Kier alpha value is -3.98. The molecule has 1 amide bonds. The number of ether oxygens (including phenoxy) is 2. The Morgan fingerprint density at radius 3 is 2.71 bits per heavy atom. The van der Waals surface area contributed by atoms with Crippen LogP contribution in [0.25, 0.3) is 16.7 Å². The molecule has 1 aliphatic heterocycles. The molecule has 4 aromatic rings. The van der Waals surface area contributed by atoms with Crippen molar-refractivity contribution in [3.8, 4) is 11.4 Å². The molecule has 1 fully saturated rings. The second-order valence-corrected chi connectivity index (χ2v) is 8.49. The SMILES string of the molecule is COc1ccc(F)cc1C(=O)NCc1ccc(-n2cc(C3CCOCC3)c3ncnc(N)c32)cc1. The standard InChI is InChI=1S/C26H26FN5O3/c1-34-22-7-4-18(27)12-20(22)26(33)29-13-16-2-5-19(6-3-16)32-14-21(17-8-10-35-11-9-17)23-24(32)25(28)31-15-30-23/h2-7,12,14-15,17H,8-11,13H2,1H3,(H,29,33)(H2,28,30,31). The van der Waals surface area contributed by atoms with Gasteiger partial charge >= 0.3 is 0 Å². The van der Waals surface area contributed by atoms with Crippen LogP contribution in [-0.4, -0.2) is 40.8 Å². The molecule has 1 aliphatic rings. The first-order chi connectivity index (χ1) is 17.0. The summed E-state index contributed by atoms with van der Waals surface area (Å²) >= 11 is 0. The van der Waals surface area contributed by atoms with Gasteiger partial charge in [0.05, 0.1) is 18.2 Å². The highest BCUT2D eigenvalue weighted by Gasteiger charge is 2.23. The number of hydrogen-bond donors (Lipinski definition) is 2. The molecule has 3 N–H and O–H groups in total. The predicted octanol–water partition coefficient (Wildman–Crippen LogP) is 3.97. The molecule has 9 heteroatoms. The highest BCUT2D eigenvalue weighted by molar-refractivity contribution is 5.97. The van der Waals surface area contributed by atoms with Crippen LogP contribution in [0, 0.1) is 5.82 Å². The van der Waals surface area contributed by atoms with E-state index in [1.807, 2.05) is 28.8 Å². The van der Waals surface area contributed by atoms with Gasteiger partial charge in [-0.3, -0.25) is 4.79 Å². The monoisotopic (exact) mass is 475 g/mol. The van der Waals surface area contributed by atoms with Crippen molar-refractivity contribution in [2.45, 2.75) is 25.3 Å². The van der Waals surface area contributed by atoms with Crippen LogP contribution in [0.5, 0.6) is 5.75 Å². The number of nitrogens with zero attached hydrogens (tertiary/aromatic N) is 3. The lowest BCUT2D eigenvalue weighted by Crippen LogP contribution is -2.23. The molecule has 3 heterocycles. The molecule has 0 atom stereocenters. The molecule has 8 nitrogen and oxygen atoms in total. The normalized spacial score (nSPS) is 14.2. The van der Waals surface area contributed by atoms with Crippen LogP contribution >= 0.6 is 0 Å². The number of benzene rings is 2. The van der Waals surface area contributed by atoms with Gasteiger partial charge < -0.3 is 25.1 Å². The first-order valence-electron chi connectivity index (χ1n) is 11.5. The molecule has 0 saturated carbocycles. The van der Waals surface area contributed by atoms with Crippen LogP contribution in [-0.2, 0) is 11.3 Å². The summed E-state index contributed by atoms with van der Waals surface area (Å²) in [7, 11) is 1.44. The Balaban J connectivity index is 1.38. The lowest BCUT2D eigenvalue weighted by molar-refractivity contribution is 0.0855. The molecule has 0 bridgehead atoms. The fourth-order valence-corrected chi connectivity index (χ4v) is 4.53. The van der Waals surface area contributed by atoms with E-state index in [9.17, 15) is 9.18 Å². The summed E-state index contributed by atoms with van der Waals surface area (Å²) in [6.07, 6.45) is 5.48. The second kappa shape index (κ2) is 9.71. The summed E-state index contributed by atoms with van der Waals surface area (Å²) < 4.78 is 26.3. The summed E-state index contributed by atoms with van der Waals surface area (Å²) in [6, 6.07) is 11.6. The number of amides is 1. The number of hydrogen-bond acceptors (Lipinski definition) is 6. The average Bonchev–Trinajstić information content (AvgIpc) is 3.29. The van der Waals surface area contributed by atoms with E-state index in [1.54, 1.807) is 0 Å². The number of aromatic nitrogens is 3. The minimum Gasteiger partial charge on any atom is -0.496 e. The van der Waals surface area contributed by atoms with Crippen LogP contribution in [0.4, 0.5) is 10.2 Å². The van der Waals surface area contributed by atoms with Crippen LogP contribution < -0.4 is 15.8 Å². The number of methoxy groups -OCH3 is 1. The third kappa shape index (κ3) is 4.54. The summed E-state index contributed by atoms with van der Waals surface area (Å²) in [6.45, 7) is 1.75. The average molecular weight is 476 g/mol. The van der Waals surface area contributed by atoms with Gasteiger partial charge in [0.25, 0.3) is 5.91 Å². The van der Waals surface area contributed by atoms with Crippen molar-refractivity contribution in [2.75, 3.05) is 26.1 Å². The number of anilines is 1. The van der Waals surface area contributed by atoms with Gasteiger partial charge in [0, 0.05) is 37.2 Å². The first kappa shape index (κ1) is 22.8. The molecule has 1 saturated heterocycles. The zero-order chi connectivity index (χ0) is 24.4. The van der Waals surface area contributed by atoms with Gasteiger partial charge in [-0.15, -0.1) is 0 Å². The van der Waals surface area contributed by atoms with E-state index in [2.05, 4.69) is 21.5 Å². The molecule has 2 aromatic carbocycles. The Morgan fingerprint density at radius 1 is 1.20 bits per heavy atom. The second-order valence-electron chi connectivity index (χ2n) is 8.49. The van der Waals surface area contributed by atoms with Crippen LogP contribution in [0.2, 0.25) is 0 Å². The summed E-state index contributed by atoms with van der Waals surface area (Å²) in [5.74, 6) is 0.194. The number of fused-ring (bicyclic) bond motifs is 1. The van der Waals surface area contributed by atoms with Gasteiger partial charge in [-0.05, 0) is 54.7 Å². The Kier molecular flexibility index (Phi) is 6.33. The van der Waals surface area contributed by atoms with Crippen molar-refractivity contribution >= 4 is 22.8 Å². The number of nitrogens with two attached hydrogens (primary N) is 1. The van der Waals surface area contributed by atoms with Crippen LogP contribution in [0.3, 0.4) is 0 Å². The molecule has 5 rings (SSSR count). The van der Waals surface area contributed by atoms with Gasteiger partial charge in [0.15, 0.2) is 5.82 Å². The maximum Gasteiger partial charge on any atom is 0.255 e. The summed E-state index contributed by atoms with van der Waals surface area (Å²) in [4.78, 5) is 21.3. The van der Waals surface area contributed by atoms with E-state index >= 15 is 0 Å². The zero-order valence-corrected chi connectivity index (χ0v) is 19.3. The minimum absolute atomic E-state index is 0.152. The molecule has 0 unspecified atom stereocenters. The molecule has 0 spiro atoms. The highest BCUT2D eigenvalue weighted by atomic mass is 19.1. The molecule has 0 aliphatic carbocycles. The van der Waals surface area contributed by atoms with Crippen molar-refractivity contribution < 1.29 is 18.7 Å². The summed E-state index contributed by atoms with van der Waals surface area (Å²) in [5.41, 5.74) is 11.0. The van der Waals surface area contributed by atoms with Crippen molar-refractivity contribution in [3.63, 3.8) is 0 Å². The molecule has 35 heavy (non-hydrogen) atoms. The lowest BCUT2D eigenvalue weighted by atomic mass is 9.93. The van der Waals surface area contributed by atoms with E-state index in [1.165, 1.54) is 25.6 Å². The topological polar surface area (TPSA) is 104 Å². The molecular formula is C26H26FN5O3. The van der Waals surface area contributed by atoms with E-state index in [4.69, 9.17) is 15.2 Å². The molecule has 180 valence electrons. The van der Waals surface area contributed by atoms with E-state index in [0.717, 1.165) is 60.0 Å². The first-order valence-corrected chi connectivity index (χ1v) is 11.5. The maximum absolute atomic E-state index is 13.6. The van der Waals surface area contributed by atoms with Crippen molar-refractivity contribution in [1.29, 1.82) is 0 Å². The fraction of sp³-hybridized carbons (Fsp3) is 0.269. The van der Waals surface area contributed by atoms with Crippen molar-refractivity contribution in [3.05, 3.63) is 77.5 Å². The number of rotatable bonds is 6. The van der Waals surface area contributed by atoms with E-state index in [0.29, 0.717) is 17.5 Å². The summed E-state index contributed by atoms with van der Waals surface area (Å²) in [5, 5.41) is 2.82. The number of halogens is 1. The zero-order valence-electron chi connectivity index (χ0n) is 19.3. The van der Waals surface area contributed by atoms with Gasteiger partial charge in [-0.2, -0.15) is 0 Å². The van der Waals surface area contributed by atoms with Gasteiger partial charge in [0.1, 0.15) is 23.4 Å². The van der Waals surface area contributed by atoms with E-state index < -0.39 is 11.7 Å². The van der Waals surface area contributed by atoms with Crippen molar-refractivity contribution in [2.24, 2.45) is 0 Å².